The SMILES string of the molecule is CCOC(=O)[C@@H](O)[C@H](O)c1cccc(C#N)c1. The van der Waals surface area contributed by atoms with Crippen LogP contribution in [0.15, 0.2) is 24.3 Å². The highest BCUT2D eigenvalue weighted by Gasteiger charge is 2.26. The fourth-order valence-corrected chi connectivity index (χ4v) is 1.33. The van der Waals surface area contributed by atoms with Gasteiger partial charge in [-0.2, -0.15) is 5.26 Å². The zero-order valence-corrected chi connectivity index (χ0v) is 9.33. The molecule has 1 aromatic carbocycles. The summed E-state index contributed by atoms with van der Waals surface area (Å²) in [5.74, 6) is -0.887. The van der Waals surface area contributed by atoms with Gasteiger partial charge in [-0.3, -0.25) is 0 Å². The van der Waals surface area contributed by atoms with E-state index in [1.54, 1.807) is 19.1 Å². The highest BCUT2D eigenvalue weighted by molar-refractivity contribution is 5.75. The van der Waals surface area contributed by atoms with Crippen LogP contribution in [0.2, 0.25) is 0 Å². The van der Waals surface area contributed by atoms with E-state index in [2.05, 4.69) is 4.74 Å². The molecule has 5 heteroatoms. The van der Waals surface area contributed by atoms with E-state index in [-0.39, 0.29) is 6.61 Å². The predicted octanol–water partition coefficient (Wildman–Crippen LogP) is 0.516. The largest absolute Gasteiger partial charge is 0.464 e. The van der Waals surface area contributed by atoms with Crippen LogP contribution in [0.5, 0.6) is 0 Å². The lowest BCUT2D eigenvalue weighted by molar-refractivity contribution is -0.159. The number of aliphatic hydroxyl groups excluding tert-OH is 2. The Labute approximate surface area is 98.9 Å². The summed E-state index contributed by atoms with van der Waals surface area (Å²) in [6.45, 7) is 1.73. The van der Waals surface area contributed by atoms with Gasteiger partial charge in [0.15, 0.2) is 6.10 Å². The molecule has 0 aliphatic carbocycles. The Hall–Kier alpha value is -1.90. The summed E-state index contributed by atoms with van der Waals surface area (Å²) in [7, 11) is 0. The van der Waals surface area contributed by atoms with E-state index in [9.17, 15) is 15.0 Å². The molecule has 90 valence electrons. The van der Waals surface area contributed by atoms with Gasteiger partial charge in [-0.05, 0) is 24.6 Å². The average molecular weight is 235 g/mol. The lowest BCUT2D eigenvalue weighted by Crippen LogP contribution is -2.29. The second kappa shape index (κ2) is 5.99. The van der Waals surface area contributed by atoms with Gasteiger partial charge in [-0.25, -0.2) is 4.79 Å². The number of rotatable bonds is 4. The predicted molar refractivity (Wildman–Crippen MR) is 58.8 cm³/mol. The number of ether oxygens (including phenoxy) is 1. The number of hydrogen-bond acceptors (Lipinski definition) is 5. The Balaban J connectivity index is 2.85. The molecule has 0 bridgehead atoms. The van der Waals surface area contributed by atoms with Crippen molar-refractivity contribution in [2.75, 3.05) is 6.61 Å². The van der Waals surface area contributed by atoms with Gasteiger partial charge in [0.2, 0.25) is 0 Å². The summed E-state index contributed by atoms with van der Waals surface area (Å²) in [5.41, 5.74) is 0.641. The fourth-order valence-electron chi connectivity index (χ4n) is 1.33. The van der Waals surface area contributed by atoms with Crippen LogP contribution in [0.25, 0.3) is 0 Å². The van der Waals surface area contributed by atoms with E-state index < -0.39 is 18.2 Å². The van der Waals surface area contributed by atoms with Crippen LogP contribution in [-0.2, 0) is 9.53 Å². The number of carbonyl (C=O) groups excluding carboxylic acids is 1. The quantitative estimate of drug-likeness (QED) is 0.742. The van der Waals surface area contributed by atoms with Crippen molar-refractivity contribution in [3.8, 4) is 6.07 Å². The molecule has 0 aliphatic rings. The monoisotopic (exact) mass is 235 g/mol. The fraction of sp³-hybridized carbons (Fsp3) is 0.333. The normalized spacial score (nSPS) is 13.5. The molecule has 0 fully saturated rings. The molecule has 0 heterocycles. The van der Waals surface area contributed by atoms with Crippen molar-refractivity contribution in [3.63, 3.8) is 0 Å². The summed E-state index contributed by atoms with van der Waals surface area (Å²) in [4.78, 5) is 11.2. The number of nitrogens with zero attached hydrogens (tertiary/aromatic N) is 1. The van der Waals surface area contributed by atoms with Gasteiger partial charge in [0.1, 0.15) is 6.10 Å². The molecule has 0 saturated heterocycles. The highest BCUT2D eigenvalue weighted by Crippen LogP contribution is 2.18. The van der Waals surface area contributed by atoms with Crippen LogP contribution >= 0.6 is 0 Å². The summed E-state index contributed by atoms with van der Waals surface area (Å²) < 4.78 is 4.59. The molecule has 17 heavy (non-hydrogen) atoms. The Morgan fingerprint density at radius 3 is 2.82 bits per heavy atom. The van der Waals surface area contributed by atoms with Gasteiger partial charge in [0.25, 0.3) is 0 Å². The maximum Gasteiger partial charge on any atom is 0.338 e. The van der Waals surface area contributed by atoms with Crippen LogP contribution in [0, 0.1) is 11.3 Å². The minimum atomic E-state index is -1.65. The lowest BCUT2D eigenvalue weighted by Gasteiger charge is -2.16. The van der Waals surface area contributed by atoms with Crippen molar-refractivity contribution in [1.29, 1.82) is 5.26 Å². The van der Waals surface area contributed by atoms with E-state index in [0.29, 0.717) is 11.1 Å². The van der Waals surface area contributed by atoms with Crippen LogP contribution in [0.4, 0.5) is 0 Å². The number of benzene rings is 1. The molecule has 2 N–H and O–H groups in total. The molecule has 0 spiro atoms. The van der Waals surface area contributed by atoms with Crippen molar-refractivity contribution < 1.29 is 19.7 Å². The van der Waals surface area contributed by atoms with Gasteiger partial charge >= 0.3 is 5.97 Å². The smallest absolute Gasteiger partial charge is 0.338 e. The summed E-state index contributed by atoms with van der Waals surface area (Å²) in [6.07, 6.45) is -3.05. The molecule has 0 aliphatic heterocycles. The molecule has 5 nitrogen and oxygen atoms in total. The first kappa shape index (κ1) is 13.2. The third-order valence-electron chi connectivity index (χ3n) is 2.18. The van der Waals surface area contributed by atoms with Crippen molar-refractivity contribution >= 4 is 5.97 Å². The average Bonchev–Trinajstić information content (AvgIpc) is 2.37. The summed E-state index contributed by atoms with van der Waals surface area (Å²) in [5, 5.41) is 28.0. The van der Waals surface area contributed by atoms with E-state index in [1.165, 1.54) is 12.1 Å². The second-order valence-electron chi connectivity index (χ2n) is 3.38. The standard InChI is InChI=1S/C12H13NO4/c1-2-17-12(16)11(15)10(14)9-5-3-4-8(6-9)7-13/h3-6,10-11,14-15H,2H2,1H3/t10-,11+/m1/s1. The van der Waals surface area contributed by atoms with Crippen molar-refractivity contribution in [1.82, 2.24) is 0 Å². The molecule has 0 saturated carbocycles. The van der Waals surface area contributed by atoms with Gasteiger partial charge < -0.3 is 14.9 Å². The minimum Gasteiger partial charge on any atom is -0.464 e. The number of esters is 1. The Kier molecular flexibility index (Phi) is 4.64. The van der Waals surface area contributed by atoms with Gasteiger partial charge in [-0.1, -0.05) is 12.1 Å². The summed E-state index contributed by atoms with van der Waals surface area (Å²) >= 11 is 0. The van der Waals surface area contributed by atoms with Gasteiger partial charge in [-0.15, -0.1) is 0 Å². The molecule has 1 aromatic rings. The van der Waals surface area contributed by atoms with E-state index in [0.717, 1.165) is 0 Å². The van der Waals surface area contributed by atoms with Crippen molar-refractivity contribution in [2.24, 2.45) is 0 Å². The van der Waals surface area contributed by atoms with E-state index in [1.807, 2.05) is 6.07 Å². The second-order valence-corrected chi connectivity index (χ2v) is 3.38. The maximum atomic E-state index is 11.2. The lowest BCUT2D eigenvalue weighted by atomic mass is 10.0. The first-order valence-corrected chi connectivity index (χ1v) is 5.13. The molecule has 2 atom stereocenters. The molecular weight excluding hydrogens is 222 g/mol. The highest BCUT2D eigenvalue weighted by atomic mass is 16.5. The number of nitriles is 1. The molecular formula is C12H13NO4. The Bertz CT molecular complexity index is 438. The molecule has 1 rings (SSSR count). The zero-order valence-electron chi connectivity index (χ0n) is 9.33. The molecule has 0 radical (unpaired) electrons. The maximum absolute atomic E-state index is 11.2. The zero-order chi connectivity index (χ0) is 12.8. The number of hydrogen-bond donors (Lipinski definition) is 2. The topological polar surface area (TPSA) is 90.6 Å². The number of aliphatic hydroxyl groups is 2. The van der Waals surface area contributed by atoms with Crippen LogP contribution in [-0.4, -0.2) is 28.9 Å². The van der Waals surface area contributed by atoms with Gasteiger partial charge in [0, 0.05) is 0 Å². The van der Waals surface area contributed by atoms with Crippen LogP contribution < -0.4 is 0 Å². The molecule has 0 aromatic heterocycles. The summed E-state index contributed by atoms with van der Waals surface area (Å²) in [6, 6.07) is 7.97. The van der Waals surface area contributed by atoms with Crippen molar-refractivity contribution in [2.45, 2.75) is 19.1 Å². The third kappa shape index (κ3) is 3.28. The first-order chi connectivity index (χ1) is 8.10. The van der Waals surface area contributed by atoms with Crippen LogP contribution in [0.3, 0.4) is 0 Å². The molecule has 0 unspecified atom stereocenters. The van der Waals surface area contributed by atoms with E-state index >= 15 is 0 Å². The van der Waals surface area contributed by atoms with E-state index in [4.69, 9.17) is 5.26 Å². The first-order valence-electron chi connectivity index (χ1n) is 5.13. The van der Waals surface area contributed by atoms with Crippen molar-refractivity contribution in [3.05, 3.63) is 35.4 Å². The third-order valence-corrected chi connectivity index (χ3v) is 2.18. The molecule has 0 amide bonds. The van der Waals surface area contributed by atoms with Gasteiger partial charge in [0.05, 0.1) is 18.2 Å². The Morgan fingerprint density at radius 2 is 2.24 bits per heavy atom. The number of carbonyl (C=O) groups is 1. The van der Waals surface area contributed by atoms with Crippen LogP contribution in [0.1, 0.15) is 24.2 Å². The minimum absolute atomic E-state index is 0.126. The Morgan fingerprint density at radius 1 is 1.53 bits per heavy atom.